The molecule has 402 valence electrons. The van der Waals surface area contributed by atoms with Crippen molar-refractivity contribution in [3.05, 3.63) is 102 Å². The van der Waals surface area contributed by atoms with Crippen molar-refractivity contribution in [3.8, 4) is 5.75 Å². The predicted molar refractivity (Wildman–Crippen MR) is 268 cm³/mol. The van der Waals surface area contributed by atoms with Crippen molar-refractivity contribution < 1.29 is 82.9 Å². The normalized spacial score (nSPS) is 12.8. The van der Waals surface area contributed by atoms with Gasteiger partial charge >= 0.3 is 0 Å². The van der Waals surface area contributed by atoms with Gasteiger partial charge in [0.25, 0.3) is 60.7 Å². The van der Waals surface area contributed by atoms with E-state index in [0.717, 1.165) is 18.2 Å². The Labute approximate surface area is 441 Å². The molecule has 31 nitrogen and oxygen atoms in total. The summed E-state index contributed by atoms with van der Waals surface area (Å²) in [6.07, 6.45) is 0. The van der Waals surface area contributed by atoms with Crippen LogP contribution in [0.5, 0.6) is 5.75 Å². The Morgan fingerprint density at radius 2 is 0.935 bits per heavy atom. The van der Waals surface area contributed by atoms with Crippen molar-refractivity contribution in [2.75, 3.05) is 21.3 Å². The van der Waals surface area contributed by atoms with E-state index in [1.54, 1.807) is 6.07 Å². The van der Waals surface area contributed by atoms with Crippen molar-refractivity contribution in [1.29, 1.82) is 0 Å². The fourth-order valence-electron chi connectivity index (χ4n) is 7.02. The quantitative estimate of drug-likeness (QED) is 0.0376. The highest BCUT2D eigenvalue weighted by Gasteiger charge is 2.29. The second kappa shape index (κ2) is 20.1. The first kappa shape index (κ1) is 55.7. The molecule has 0 saturated carbocycles. The molecule has 2 aromatic heterocycles. The number of hydrogen-bond donors (Lipinski definition) is 11. The Bertz CT molecular complexity index is 4590. The minimum atomic E-state index is -5.48. The summed E-state index contributed by atoms with van der Waals surface area (Å²) in [5.74, 6) is -4.00. The third-order valence-corrected chi connectivity index (χ3v) is 15.7. The maximum Gasteiger partial charge on any atom is 0.297 e. The van der Waals surface area contributed by atoms with E-state index in [4.69, 9.17) is 23.2 Å². The zero-order valence-electron chi connectivity index (χ0n) is 37.0. The molecule has 77 heavy (non-hydrogen) atoms. The Hall–Kier alpha value is -7.50. The first-order chi connectivity index (χ1) is 35.6. The minimum Gasteiger partial charge on any atom is -0.505 e. The average molecular weight is 1220 g/mol. The molecule has 39 heteroatoms. The molecule has 0 atom stereocenters. The number of aromatic nitrogens is 6. The van der Waals surface area contributed by atoms with Gasteiger partial charge in [-0.2, -0.15) is 80.4 Å². The molecule has 0 aliphatic heterocycles. The Kier molecular flexibility index (Phi) is 14.6. The van der Waals surface area contributed by atoms with E-state index in [1.807, 2.05) is 0 Å². The predicted octanol–water partition coefficient (Wildman–Crippen LogP) is 6.25. The van der Waals surface area contributed by atoms with Crippen molar-refractivity contribution in [2.45, 2.75) is 29.4 Å². The molecule has 0 spiro atoms. The number of anilines is 8. The zero-order valence-corrected chi connectivity index (χ0v) is 43.4. The average Bonchev–Trinajstić information content (AvgIpc) is 3.35. The fourth-order valence-corrected chi connectivity index (χ4v) is 11.2. The van der Waals surface area contributed by atoms with Crippen LogP contribution in [-0.2, 0) is 60.7 Å². The topological polar surface area (TPSA) is 497 Å². The second-order valence-electron chi connectivity index (χ2n) is 15.2. The smallest absolute Gasteiger partial charge is 0.297 e. The lowest BCUT2D eigenvalue weighted by atomic mass is 10.1. The van der Waals surface area contributed by atoms with Crippen LogP contribution < -0.4 is 21.3 Å². The lowest BCUT2D eigenvalue weighted by molar-refractivity contribution is 0.472. The molecule has 0 bridgehead atoms. The first-order valence-corrected chi connectivity index (χ1v) is 29.3. The molecular weight excluding hydrogens is 1190 g/mol. The summed E-state index contributed by atoms with van der Waals surface area (Å²) in [7, 11) is -31.4. The number of fused-ring (bicyclic) bond motifs is 2. The second-order valence-corrected chi connectivity index (χ2v) is 24.2. The third-order valence-electron chi connectivity index (χ3n) is 10.1. The molecular formula is C38H26Cl2N12O19S6. The van der Waals surface area contributed by atoms with Crippen LogP contribution in [0.15, 0.2) is 131 Å². The standard InChI is InChI=1S/C38H26Cl2N12O19S6/c39-33-45-35(41-18-5-3-6-19(12-18)72(54,55)56)49-36(46-33)42-23-14-27(75(63,64)65)24(15-26(23)74(60,61)62)43-37-47-34(40)48-38(50-37)44-25-13-20(73(57,58)59)10-17-11-28(76(66,67)68)30(31(53)29(17)25)52-51-22-9-8-16-4-1-2-7-21(16)32(22)77(69,70)71/h1-15,53H,(H,54,55,56)(H,57,58,59)(H,60,61,62)(H,63,64,65)(H,66,67,68)(H,69,70,71)(H2,41,42,45,46,49)(H2,43,44,47,48,50)/b52-51+. The first-order valence-electron chi connectivity index (χ1n) is 19.9. The van der Waals surface area contributed by atoms with E-state index in [1.165, 1.54) is 36.4 Å². The van der Waals surface area contributed by atoms with Crippen LogP contribution in [0, 0.1) is 0 Å². The number of nitrogens with one attached hydrogen (secondary N) is 4. The van der Waals surface area contributed by atoms with Crippen molar-refractivity contribution >= 4 is 163 Å². The van der Waals surface area contributed by atoms with Crippen LogP contribution in [0.3, 0.4) is 0 Å². The summed E-state index contributed by atoms with van der Waals surface area (Å²) in [5, 5.41) is 26.3. The molecule has 0 radical (unpaired) electrons. The van der Waals surface area contributed by atoms with E-state index in [-0.39, 0.29) is 11.1 Å². The number of phenols is 1. The summed E-state index contributed by atoms with van der Waals surface area (Å²) in [4.78, 5) is 17.0. The number of azo groups is 1. The van der Waals surface area contributed by atoms with Crippen molar-refractivity contribution in [3.63, 3.8) is 0 Å². The Balaban J connectivity index is 1.21. The van der Waals surface area contributed by atoms with Gasteiger partial charge in [-0.15, -0.1) is 10.2 Å². The highest BCUT2D eigenvalue weighted by molar-refractivity contribution is 7.87. The Morgan fingerprint density at radius 3 is 1.44 bits per heavy atom. The van der Waals surface area contributed by atoms with E-state index in [2.05, 4.69) is 61.4 Å². The SMILES string of the molecule is O=S(=O)(O)c1cccc(Nc2nc(Cl)nc(Nc3cc(S(=O)(=O)O)c(Nc4nc(Cl)nc(Nc5cc(S(=O)(=O)O)cc6cc(S(=O)(=O)O)c(/N=N/c7ccc8ccccc8c7S(=O)(=O)O)c(O)c56)n4)cc3S(=O)(=O)O)n2)c1. The number of phenolic OH excluding ortho intramolecular Hbond substituents is 1. The van der Waals surface area contributed by atoms with Gasteiger partial charge in [0.15, 0.2) is 5.75 Å². The molecule has 8 rings (SSSR count). The molecule has 0 aliphatic rings. The molecule has 2 heterocycles. The van der Waals surface area contributed by atoms with Gasteiger partial charge in [0.1, 0.15) is 31.0 Å². The minimum absolute atomic E-state index is 0.0357. The van der Waals surface area contributed by atoms with Crippen LogP contribution >= 0.6 is 23.2 Å². The van der Waals surface area contributed by atoms with Gasteiger partial charge in [0.05, 0.1) is 26.9 Å². The maximum atomic E-state index is 12.9. The molecule has 6 aromatic carbocycles. The van der Waals surface area contributed by atoms with Crippen LogP contribution in [0.25, 0.3) is 21.5 Å². The molecule has 0 saturated heterocycles. The van der Waals surface area contributed by atoms with E-state index >= 15 is 0 Å². The summed E-state index contributed by atoms with van der Waals surface area (Å²) >= 11 is 12.2. The lowest BCUT2D eigenvalue weighted by Gasteiger charge is -2.17. The highest BCUT2D eigenvalue weighted by atomic mass is 35.5. The van der Waals surface area contributed by atoms with Crippen LogP contribution in [0.2, 0.25) is 10.6 Å². The van der Waals surface area contributed by atoms with Gasteiger partial charge in [-0.3, -0.25) is 27.3 Å². The number of benzene rings is 6. The van der Waals surface area contributed by atoms with Crippen LogP contribution in [-0.4, -0.2) is 113 Å². The molecule has 0 fully saturated rings. The summed E-state index contributed by atoms with van der Waals surface area (Å²) < 4.78 is 211. The molecule has 11 N–H and O–H groups in total. The molecule has 0 unspecified atom stereocenters. The number of hydrogen-bond acceptors (Lipinski definition) is 25. The number of aromatic hydroxyl groups is 1. The van der Waals surface area contributed by atoms with Gasteiger partial charge in [-0.05, 0) is 88.6 Å². The Morgan fingerprint density at radius 1 is 0.429 bits per heavy atom. The number of nitrogens with zero attached hydrogens (tertiary/aromatic N) is 8. The summed E-state index contributed by atoms with van der Waals surface area (Å²) in [6, 6.07) is 15.4. The number of rotatable bonds is 16. The molecule has 0 aliphatic carbocycles. The van der Waals surface area contributed by atoms with Gasteiger partial charge in [-0.25, -0.2) is 0 Å². The van der Waals surface area contributed by atoms with E-state index in [0.29, 0.717) is 35.7 Å². The maximum absolute atomic E-state index is 12.9. The third kappa shape index (κ3) is 12.5. The summed E-state index contributed by atoms with van der Waals surface area (Å²) in [6.45, 7) is 0. The largest absolute Gasteiger partial charge is 0.505 e. The van der Waals surface area contributed by atoms with Gasteiger partial charge in [-0.1, -0.05) is 36.4 Å². The monoisotopic (exact) mass is 1220 g/mol. The van der Waals surface area contributed by atoms with E-state index in [9.17, 15) is 82.9 Å². The van der Waals surface area contributed by atoms with Crippen LogP contribution in [0.4, 0.5) is 57.9 Å². The fraction of sp³-hybridized carbons (Fsp3) is 0. The van der Waals surface area contributed by atoms with E-state index < -0.39 is 169 Å². The van der Waals surface area contributed by atoms with Gasteiger partial charge in [0, 0.05) is 16.5 Å². The van der Waals surface area contributed by atoms with Gasteiger partial charge in [0.2, 0.25) is 34.4 Å². The molecule has 0 amide bonds. The van der Waals surface area contributed by atoms with Crippen molar-refractivity contribution in [2.24, 2.45) is 10.2 Å². The van der Waals surface area contributed by atoms with Crippen LogP contribution in [0.1, 0.15) is 0 Å². The van der Waals surface area contributed by atoms with Crippen molar-refractivity contribution in [1.82, 2.24) is 29.9 Å². The van der Waals surface area contributed by atoms with Gasteiger partial charge < -0.3 is 26.4 Å². The lowest BCUT2D eigenvalue weighted by Crippen LogP contribution is -2.12. The summed E-state index contributed by atoms with van der Waals surface area (Å²) in [5.41, 5.74) is -4.23. The highest BCUT2D eigenvalue weighted by Crippen LogP contribution is 2.46. The zero-order chi connectivity index (χ0) is 56.4. The molecule has 8 aromatic rings. The number of halogens is 2.